The number of rotatable bonds is 6. The number of carbonyl (C=O) groups excluding carboxylic acids is 1. The molecule has 0 radical (unpaired) electrons. The Labute approximate surface area is 115 Å². The number of nitro groups is 1. The summed E-state index contributed by atoms with van der Waals surface area (Å²) in [4.78, 5) is 21.6. The van der Waals surface area contributed by atoms with E-state index in [9.17, 15) is 23.7 Å². The Balaban J connectivity index is 2.81. The van der Waals surface area contributed by atoms with Gasteiger partial charge in [-0.2, -0.15) is 0 Å². The first-order valence-electron chi connectivity index (χ1n) is 6.24. The van der Waals surface area contributed by atoms with Crippen LogP contribution in [0.2, 0.25) is 0 Å². The predicted octanol–water partition coefficient (Wildman–Crippen LogP) is 3.04. The van der Waals surface area contributed by atoms with Crippen LogP contribution in [0.15, 0.2) is 12.1 Å². The van der Waals surface area contributed by atoms with Crippen LogP contribution in [0.25, 0.3) is 0 Å². The minimum absolute atomic E-state index is 0.327. The van der Waals surface area contributed by atoms with Gasteiger partial charge >= 0.3 is 0 Å². The molecule has 0 aromatic heterocycles. The van der Waals surface area contributed by atoms with Gasteiger partial charge in [-0.3, -0.25) is 14.9 Å². The first-order valence-corrected chi connectivity index (χ1v) is 6.24. The summed E-state index contributed by atoms with van der Waals surface area (Å²) in [5, 5.41) is 13.2. The van der Waals surface area contributed by atoms with Crippen LogP contribution < -0.4 is 5.32 Å². The molecule has 0 heterocycles. The molecule has 1 aromatic carbocycles. The number of hydrogen-bond donors (Lipinski definition) is 1. The quantitative estimate of drug-likeness (QED) is 0.496. The van der Waals surface area contributed by atoms with Crippen molar-refractivity contribution in [2.45, 2.75) is 26.7 Å². The molecule has 0 bridgehead atoms. The molecule has 0 fully saturated rings. The van der Waals surface area contributed by atoms with Gasteiger partial charge in [0.2, 0.25) is 0 Å². The Kier molecular flexibility index (Phi) is 5.54. The van der Waals surface area contributed by atoms with E-state index in [-0.39, 0.29) is 0 Å². The lowest BCUT2D eigenvalue weighted by Gasteiger charge is -2.07. The Hall–Kier alpha value is -2.05. The molecule has 0 saturated heterocycles. The second-order valence-electron chi connectivity index (χ2n) is 4.83. The Morgan fingerprint density at radius 3 is 2.50 bits per heavy atom. The van der Waals surface area contributed by atoms with Gasteiger partial charge in [0.1, 0.15) is 5.56 Å². The molecule has 0 aliphatic heterocycles. The number of halogens is 2. The van der Waals surface area contributed by atoms with Crippen LogP contribution in [-0.2, 0) is 0 Å². The number of nitro benzene ring substituents is 1. The van der Waals surface area contributed by atoms with Gasteiger partial charge in [0.15, 0.2) is 11.6 Å². The van der Waals surface area contributed by atoms with E-state index in [1.54, 1.807) is 0 Å². The normalized spacial score (nSPS) is 10.7. The molecule has 0 aliphatic carbocycles. The molecular weight excluding hydrogens is 270 g/mol. The van der Waals surface area contributed by atoms with E-state index in [0.717, 1.165) is 6.42 Å². The highest BCUT2D eigenvalue weighted by atomic mass is 19.2. The maximum atomic E-state index is 13.1. The zero-order valence-electron chi connectivity index (χ0n) is 11.3. The van der Waals surface area contributed by atoms with E-state index in [2.05, 4.69) is 5.32 Å². The molecular formula is C13H16F2N2O3. The van der Waals surface area contributed by atoms with Gasteiger partial charge in [-0.05, 0) is 24.8 Å². The van der Waals surface area contributed by atoms with Crippen LogP contribution in [0, 0.1) is 27.7 Å². The van der Waals surface area contributed by atoms with Crippen molar-refractivity contribution in [2.24, 2.45) is 5.92 Å². The second kappa shape index (κ2) is 6.93. The third kappa shape index (κ3) is 4.25. The summed E-state index contributed by atoms with van der Waals surface area (Å²) in [6, 6.07) is 0.962. The summed E-state index contributed by atoms with van der Waals surface area (Å²) < 4.78 is 26.1. The average Bonchev–Trinajstić information content (AvgIpc) is 2.36. The van der Waals surface area contributed by atoms with Crippen molar-refractivity contribution in [3.05, 3.63) is 39.4 Å². The van der Waals surface area contributed by atoms with Crippen LogP contribution in [0.5, 0.6) is 0 Å². The fourth-order valence-electron chi connectivity index (χ4n) is 1.68. The highest BCUT2D eigenvalue weighted by Gasteiger charge is 2.23. The molecule has 1 rings (SSSR count). The molecule has 0 aliphatic rings. The first-order chi connectivity index (χ1) is 9.32. The first kappa shape index (κ1) is 16.0. The largest absolute Gasteiger partial charge is 0.352 e. The number of nitrogens with zero attached hydrogens (tertiary/aromatic N) is 1. The summed E-state index contributed by atoms with van der Waals surface area (Å²) >= 11 is 0. The van der Waals surface area contributed by atoms with Crippen LogP contribution in [0.1, 0.15) is 37.0 Å². The van der Waals surface area contributed by atoms with Crippen LogP contribution in [0.3, 0.4) is 0 Å². The Bertz CT molecular complexity index is 519. The zero-order chi connectivity index (χ0) is 15.3. The Morgan fingerprint density at radius 1 is 1.35 bits per heavy atom. The lowest BCUT2D eigenvalue weighted by Crippen LogP contribution is -2.25. The number of carbonyl (C=O) groups is 1. The molecule has 5 nitrogen and oxygen atoms in total. The number of nitrogens with one attached hydrogen (secondary N) is 1. The fourth-order valence-corrected chi connectivity index (χ4v) is 1.68. The molecule has 7 heteroatoms. The molecule has 1 aromatic rings. The number of benzene rings is 1. The van der Waals surface area contributed by atoms with Gasteiger partial charge in [-0.1, -0.05) is 13.8 Å². The van der Waals surface area contributed by atoms with Gasteiger partial charge in [0.25, 0.3) is 11.6 Å². The van der Waals surface area contributed by atoms with Gasteiger partial charge in [-0.25, -0.2) is 8.78 Å². The standard InChI is InChI=1S/C13H16F2N2O3/c1-8(2)4-3-5-16-13(18)9-6-10(14)11(15)7-12(9)17(19)20/h6-8H,3-5H2,1-2H3,(H,16,18). The van der Waals surface area contributed by atoms with Gasteiger partial charge in [0, 0.05) is 6.54 Å². The van der Waals surface area contributed by atoms with E-state index >= 15 is 0 Å². The molecule has 1 amide bonds. The fraction of sp³-hybridized carbons (Fsp3) is 0.462. The van der Waals surface area contributed by atoms with E-state index in [4.69, 9.17) is 0 Å². The summed E-state index contributed by atoms with van der Waals surface area (Å²) in [5.74, 6) is -2.94. The van der Waals surface area contributed by atoms with Crippen LogP contribution in [-0.4, -0.2) is 17.4 Å². The summed E-state index contributed by atoms with van der Waals surface area (Å²) in [6.45, 7) is 4.39. The Morgan fingerprint density at radius 2 is 1.95 bits per heavy atom. The summed E-state index contributed by atoms with van der Waals surface area (Å²) in [5.41, 5.74) is -1.22. The van der Waals surface area contributed by atoms with Crippen molar-refractivity contribution in [1.29, 1.82) is 0 Å². The van der Waals surface area contributed by atoms with Crippen LogP contribution >= 0.6 is 0 Å². The van der Waals surface area contributed by atoms with Crippen LogP contribution in [0.4, 0.5) is 14.5 Å². The van der Waals surface area contributed by atoms with Crippen molar-refractivity contribution in [3.63, 3.8) is 0 Å². The summed E-state index contributed by atoms with van der Waals surface area (Å²) in [7, 11) is 0. The zero-order valence-corrected chi connectivity index (χ0v) is 11.3. The summed E-state index contributed by atoms with van der Waals surface area (Å²) in [6.07, 6.45) is 1.60. The van der Waals surface area contributed by atoms with Crippen molar-refractivity contribution in [1.82, 2.24) is 5.32 Å². The lowest BCUT2D eigenvalue weighted by atomic mass is 10.1. The number of amides is 1. The van der Waals surface area contributed by atoms with E-state index < -0.39 is 33.7 Å². The predicted molar refractivity (Wildman–Crippen MR) is 69.4 cm³/mol. The van der Waals surface area contributed by atoms with Gasteiger partial charge in [0.05, 0.1) is 11.0 Å². The van der Waals surface area contributed by atoms with E-state index in [0.29, 0.717) is 31.0 Å². The minimum Gasteiger partial charge on any atom is -0.352 e. The van der Waals surface area contributed by atoms with E-state index in [1.807, 2.05) is 13.8 Å². The van der Waals surface area contributed by atoms with Crippen molar-refractivity contribution in [2.75, 3.05) is 6.54 Å². The number of hydrogen-bond acceptors (Lipinski definition) is 3. The highest BCUT2D eigenvalue weighted by molar-refractivity contribution is 5.98. The maximum Gasteiger partial charge on any atom is 0.285 e. The maximum absolute atomic E-state index is 13.1. The monoisotopic (exact) mass is 286 g/mol. The lowest BCUT2D eigenvalue weighted by molar-refractivity contribution is -0.385. The topological polar surface area (TPSA) is 72.2 Å². The van der Waals surface area contributed by atoms with Crippen molar-refractivity contribution >= 4 is 11.6 Å². The molecule has 0 spiro atoms. The third-order valence-electron chi connectivity index (χ3n) is 2.72. The smallest absolute Gasteiger partial charge is 0.285 e. The van der Waals surface area contributed by atoms with Gasteiger partial charge < -0.3 is 5.32 Å². The average molecular weight is 286 g/mol. The molecule has 0 atom stereocenters. The molecule has 110 valence electrons. The second-order valence-corrected chi connectivity index (χ2v) is 4.83. The molecule has 0 saturated carbocycles. The third-order valence-corrected chi connectivity index (χ3v) is 2.72. The molecule has 1 N–H and O–H groups in total. The minimum atomic E-state index is -1.35. The highest BCUT2D eigenvalue weighted by Crippen LogP contribution is 2.22. The molecule has 20 heavy (non-hydrogen) atoms. The van der Waals surface area contributed by atoms with Gasteiger partial charge in [-0.15, -0.1) is 0 Å². The molecule has 0 unspecified atom stereocenters. The van der Waals surface area contributed by atoms with E-state index in [1.165, 1.54) is 0 Å². The van der Waals surface area contributed by atoms with Crippen molar-refractivity contribution < 1.29 is 18.5 Å². The SMILES string of the molecule is CC(C)CCCNC(=O)c1cc(F)c(F)cc1[N+](=O)[O-]. The van der Waals surface area contributed by atoms with Crippen molar-refractivity contribution in [3.8, 4) is 0 Å².